The summed E-state index contributed by atoms with van der Waals surface area (Å²) >= 11 is 0. The van der Waals surface area contributed by atoms with E-state index in [4.69, 9.17) is 9.15 Å². The van der Waals surface area contributed by atoms with Crippen LogP contribution in [-0.4, -0.2) is 53.9 Å². The molecule has 3 aromatic carbocycles. The van der Waals surface area contributed by atoms with Gasteiger partial charge in [0.15, 0.2) is 0 Å². The largest absolute Gasteiger partial charge is 0.416 e. The Bertz CT molecular complexity index is 1250. The quantitative estimate of drug-likeness (QED) is 0.430. The fourth-order valence-electron chi connectivity index (χ4n) is 4.12. The molecule has 0 unspecified atom stereocenters. The van der Waals surface area contributed by atoms with Crippen LogP contribution in [0.1, 0.15) is 27.5 Å². The van der Waals surface area contributed by atoms with Crippen molar-refractivity contribution < 1.29 is 13.9 Å². The van der Waals surface area contributed by atoms with Crippen LogP contribution in [0.5, 0.6) is 0 Å². The Hall–Kier alpha value is -3.81. The van der Waals surface area contributed by atoms with E-state index in [0.717, 1.165) is 49.5 Å². The van der Waals surface area contributed by atoms with Crippen molar-refractivity contribution >= 4 is 5.91 Å². The molecule has 2 heterocycles. The molecule has 1 saturated heterocycles. The number of nitrogens with one attached hydrogen (secondary N) is 1. The number of hydrogen-bond donors (Lipinski definition) is 1. The van der Waals surface area contributed by atoms with E-state index in [9.17, 15) is 4.79 Å². The number of hydrogen-bond acceptors (Lipinski definition) is 6. The number of ether oxygens (including phenoxy) is 1. The fraction of sp³-hybridized carbons (Fsp3) is 0.250. The lowest BCUT2D eigenvalue weighted by molar-refractivity contribution is 0.0332. The number of benzene rings is 3. The molecule has 1 N–H and O–H groups in total. The third-order valence-corrected chi connectivity index (χ3v) is 6.17. The lowest BCUT2D eigenvalue weighted by Gasteiger charge is -2.31. The van der Waals surface area contributed by atoms with Gasteiger partial charge in [-0.15, -0.1) is 10.2 Å². The van der Waals surface area contributed by atoms with Gasteiger partial charge < -0.3 is 14.5 Å². The Morgan fingerprint density at radius 3 is 2.11 bits per heavy atom. The molecule has 7 heteroatoms. The minimum absolute atomic E-state index is 0.116. The van der Waals surface area contributed by atoms with Gasteiger partial charge in [-0.05, 0) is 48.9 Å². The average molecular weight is 469 g/mol. The number of nitrogens with zero attached hydrogens (tertiary/aromatic N) is 3. The number of carbonyl (C=O) groups is 1. The summed E-state index contributed by atoms with van der Waals surface area (Å²) in [6, 6.07) is 25.1. The van der Waals surface area contributed by atoms with Crippen LogP contribution >= 0.6 is 0 Å². The third kappa shape index (κ3) is 5.65. The van der Waals surface area contributed by atoms with Gasteiger partial charge in [0.1, 0.15) is 0 Å². The van der Waals surface area contributed by atoms with Crippen LogP contribution in [0.4, 0.5) is 0 Å². The monoisotopic (exact) mass is 468 g/mol. The van der Waals surface area contributed by atoms with E-state index in [0.29, 0.717) is 17.3 Å². The van der Waals surface area contributed by atoms with Gasteiger partial charge in [-0.25, -0.2) is 0 Å². The maximum atomic E-state index is 13.1. The van der Waals surface area contributed by atoms with Crippen molar-refractivity contribution in [2.75, 3.05) is 32.8 Å². The summed E-state index contributed by atoms with van der Waals surface area (Å²) in [7, 11) is 0. The molecule has 0 aliphatic carbocycles. The fourth-order valence-corrected chi connectivity index (χ4v) is 4.12. The Morgan fingerprint density at radius 1 is 0.886 bits per heavy atom. The molecule has 0 saturated carbocycles. The molecule has 0 radical (unpaired) electrons. The van der Waals surface area contributed by atoms with E-state index in [2.05, 4.69) is 32.5 Å². The van der Waals surface area contributed by atoms with Gasteiger partial charge >= 0.3 is 0 Å². The second kappa shape index (κ2) is 10.6. The summed E-state index contributed by atoms with van der Waals surface area (Å²) in [5.41, 5.74) is 4.47. The molecule has 1 aliphatic heterocycles. The van der Waals surface area contributed by atoms with Gasteiger partial charge in [-0.2, -0.15) is 0 Å². The predicted octanol–water partition coefficient (Wildman–Crippen LogP) is 4.52. The first-order valence-electron chi connectivity index (χ1n) is 11.8. The first kappa shape index (κ1) is 23.0. The van der Waals surface area contributed by atoms with Crippen LogP contribution in [0.3, 0.4) is 0 Å². The van der Waals surface area contributed by atoms with E-state index in [-0.39, 0.29) is 11.9 Å². The van der Waals surface area contributed by atoms with E-state index in [1.807, 2.05) is 61.5 Å². The van der Waals surface area contributed by atoms with Crippen molar-refractivity contribution in [3.8, 4) is 22.9 Å². The maximum absolute atomic E-state index is 13.1. The zero-order valence-corrected chi connectivity index (χ0v) is 19.7. The highest BCUT2D eigenvalue weighted by Crippen LogP contribution is 2.25. The number of amides is 1. The molecular weight excluding hydrogens is 440 g/mol. The zero-order valence-electron chi connectivity index (χ0n) is 19.7. The van der Waals surface area contributed by atoms with E-state index >= 15 is 0 Å². The van der Waals surface area contributed by atoms with Crippen molar-refractivity contribution in [3.63, 3.8) is 0 Å². The molecule has 178 valence electrons. The summed E-state index contributed by atoms with van der Waals surface area (Å²) in [5, 5.41) is 11.6. The minimum atomic E-state index is -0.121. The maximum Gasteiger partial charge on any atom is 0.251 e. The van der Waals surface area contributed by atoms with Crippen LogP contribution < -0.4 is 5.32 Å². The number of aryl methyl sites for hydroxylation is 1. The van der Waals surface area contributed by atoms with Crippen LogP contribution in [0.2, 0.25) is 0 Å². The van der Waals surface area contributed by atoms with Crippen LogP contribution in [0.15, 0.2) is 83.3 Å². The lowest BCUT2D eigenvalue weighted by Crippen LogP contribution is -2.43. The Morgan fingerprint density at radius 2 is 1.49 bits per heavy atom. The summed E-state index contributed by atoms with van der Waals surface area (Å²) in [6.07, 6.45) is 0. The van der Waals surface area contributed by atoms with Gasteiger partial charge in [0.05, 0.1) is 19.3 Å². The minimum Gasteiger partial charge on any atom is -0.416 e. The van der Waals surface area contributed by atoms with Gasteiger partial charge in [0.25, 0.3) is 5.91 Å². The normalized spacial score (nSPS) is 15.0. The van der Waals surface area contributed by atoms with Crippen molar-refractivity contribution in [1.29, 1.82) is 0 Å². The molecule has 5 rings (SSSR count). The van der Waals surface area contributed by atoms with Gasteiger partial charge in [-0.3, -0.25) is 9.69 Å². The average Bonchev–Trinajstić information content (AvgIpc) is 3.40. The highest BCUT2D eigenvalue weighted by molar-refractivity contribution is 5.94. The molecule has 35 heavy (non-hydrogen) atoms. The van der Waals surface area contributed by atoms with E-state index in [1.165, 1.54) is 5.56 Å². The highest BCUT2D eigenvalue weighted by Gasteiger charge is 2.21. The summed E-state index contributed by atoms with van der Waals surface area (Å²) < 4.78 is 11.3. The number of aromatic nitrogens is 2. The molecule has 4 aromatic rings. The topological polar surface area (TPSA) is 80.5 Å². The molecule has 1 amide bonds. The number of carbonyl (C=O) groups excluding carboxylic acids is 1. The molecule has 1 aliphatic rings. The van der Waals surface area contributed by atoms with Crippen LogP contribution in [-0.2, 0) is 4.74 Å². The second-order valence-corrected chi connectivity index (χ2v) is 8.71. The smallest absolute Gasteiger partial charge is 0.251 e. The van der Waals surface area contributed by atoms with Gasteiger partial charge in [0, 0.05) is 36.3 Å². The predicted molar refractivity (Wildman–Crippen MR) is 134 cm³/mol. The number of rotatable bonds is 7. The standard InChI is InChI=1S/C28H28N4O3/c1-20-7-9-23(10-8-20)27-30-31-28(35-27)24-13-11-22(12-14-24)26(33)29-25(21-5-3-2-4-6-21)19-32-15-17-34-18-16-32/h2-14,25H,15-19H2,1H3,(H,29,33)/t25-/m1/s1. The summed E-state index contributed by atoms with van der Waals surface area (Å²) in [6.45, 7) is 5.94. The Balaban J connectivity index is 1.29. The second-order valence-electron chi connectivity index (χ2n) is 8.71. The van der Waals surface area contributed by atoms with Crippen molar-refractivity contribution in [2.45, 2.75) is 13.0 Å². The zero-order chi connectivity index (χ0) is 24.0. The Kier molecular flexibility index (Phi) is 6.97. The van der Waals surface area contributed by atoms with Crippen molar-refractivity contribution in [1.82, 2.24) is 20.4 Å². The molecule has 0 bridgehead atoms. The Labute approximate surface area is 204 Å². The molecule has 7 nitrogen and oxygen atoms in total. The molecule has 1 atom stereocenters. The van der Waals surface area contributed by atoms with Crippen molar-refractivity contribution in [2.24, 2.45) is 0 Å². The van der Waals surface area contributed by atoms with E-state index < -0.39 is 0 Å². The molecule has 1 fully saturated rings. The lowest BCUT2D eigenvalue weighted by atomic mass is 10.0. The SMILES string of the molecule is Cc1ccc(-c2nnc(-c3ccc(C(=O)N[C@H](CN4CCOCC4)c4ccccc4)cc3)o2)cc1. The van der Waals surface area contributed by atoms with E-state index in [1.54, 1.807) is 12.1 Å². The van der Waals surface area contributed by atoms with Gasteiger partial charge in [-0.1, -0.05) is 48.0 Å². The third-order valence-electron chi connectivity index (χ3n) is 6.17. The molecule has 0 spiro atoms. The highest BCUT2D eigenvalue weighted by atomic mass is 16.5. The summed E-state index contributed by atoms with van der Waals surface area (Å²) in [4.78, 5) is 15.5. The summed E-state index contributed by atoms with van der Waals surface area (Å²) in [5.74, 6) is 0.766. The van der Waals surface area contributed by atoms with Crippen molar-refractivity contribution in [3.05, 3.63) is 95.6 Å². The molecule has 1 aromatic heterocycles. The molecular formula is C28H28N4O3. The first-order valence-corrected chi connectivity index (χ1v) is 11.8. The van der Waals surface area contributed by atoms with Crippen LogP contribution in [0, 0.1) is 6.92 Å². The van der Waals surface area contributed by atoms with Gasteiger partial charge in [0.2, 0.25) is 11.8 Å². The van der Waals surface area contributed by atoms with Crippen LogP contribution in [0.25, 0.3) is 22.9 Å². The number of morpholine rings is 1. The first-order chi connectivity index (χ1) is 17.2.